The second-order valence-electron chi connectivity index (χ2n) is 9.34. The fraction of sp³-hybridized carbons (Fsp3) is 0.357. The van der Waals surface area contributed by atoms with Crippen LogP contribution >= 0.6 is 11.8 Å². The van der Waals surface area contributed by atoms with Crippen LogP contribution in [-0.2, 0) is 16.1 Å². The summed E-state index contributed by atoms with van der Waals surface area (Å²) in [7, 11) is 1.60. The van der Waals surface area contributed by atoms with Crippen molar-refractivity contribution in [3.63, 3.8) is 0 Å². The highest BCUT2D eigenvalue weighted by atomic mass is 32.2. The average Bonchev–Trinajstić information content (AvgIpc) is 3.34. The Bertz CT molecular complexity index is 1280. The average molecular weight is 537 g/mol. The number of anilines is 1. The monoisotopic (exact) mass is 536 g/mol. The summed E-state index contributed by atoms with van der Waals surface area (Å²) in [5.41, 5.74) is 3.13. The molecule has 2 aromatic carbocycles. The third kappa shape index (κ3) is 6.74. The lowest BCUT2D eigenvalue weighted by Crippen LogP contribution is -2.50. The van der Waals surface area contributed by atoms with Crippen LogP contribution in [0.1, 0.15) is 30.8 Å². The minimum atomic E-state index is -0.726. The summed E-state index contributed by atoms with van der Waals surface area (Å²) in [6.07, 6.45) is 0. The molecule has 0 fully saturated rings. The Morgan fingerprint density at radius 1 is 1.03 bits per heavy atom. The second-order valence-corrected chi connectivity index (χ2v) is 10.3. The van der Waals surface area contributed by atoms with Gasteiger partial charge in [-0.3, -0.25) is 9.59 Å². The number of thioether (sulfide) groups is 1. The highest BCUT2D eigenvalue weighted by Crippen LogP contribution is 2.34. The third-order valence-electron chi connectivity index (χ3n) is 5.99. The predicted octanol–water partition coefficient (Wildman–Crippen LogP) is 4.61. The maximum Gasteiger partial charge on any atom is 0.247 e. The van der Waals surface area contributed by atoms with E-state index in [0.29, 0.717) is 22.3 Å². The molecule has 2 heterocycles. The van der Waals surface area contributed by atoms with Crippen LogP contribution in [-0.4, -0.2) is 52.4 Å². The van der Waals surface area contributed by atoms with Crippen molar-refractivity contribution in [1.29, 1.82) is 0 Å². The Morgan fingerprint density at radius 2 is 1.71 bits per heavy atom. The molecule has 1 N–H and O–H groups in total. The van der Waals surface area contributed by atoms with Gasteiger partial charge >= 0.3 is 0 Å². The predicted molar refractivity (Wildman–Crippen MR) is 146 cm³/mol. The van der Waals surface area contributed by atoms with Crippen molar-refractivity contribution in [3.8, 4) is 17.2 Å². The number of nitrogens with zero attached hydrogens (tertiary/aromatic N) is 3. The SMILES string of the molecule is COc1ccc(CN(C(=O)CSc2nc(C)cc(C)n2)[C@H](C(=O)Nc2ccc3c(c2)OCO3)C(C)C)cc1. The first kappa shape index (κ1) is 27.3. The van der Waals surface area contributed by atoms with Crippen molar-refractivity contribution < 1.29 is 23.8 Å². The van der Waals surface area contributed by atoms with Gasteiger partial charge < -0.3 is 24.4 Å². The Balaban J connectivity index is 1.57. The zero-order valence-electron chi connectivity index (χ0n) is 22.2. The number of hydrogen-bond donors (Lipinski definition) is 1. The van der Waals surface area contributed by atoms with Gasteiger partial charge in [-0.15, -0.1) is 0 Å². The normalized spacial score (nSPS) is 12.8. The van der Waals surface area contributed by atoms with Gasteiger partial charge in [0.1, 0.15) is 11.8 Å². The quantitative estimate of drug-likeness (QED) is 0.296. The first-order valence-corrected chi connectivity index (χ1v) is 13.3. The number of ether oxygens (including phenoxy) is 3. The van der Waals surface area contributed by atoms with Crippen molar-refractivity contribution >= 4 is 29.3 Å². The Hall–Kier alpha value is -3.79. The second kappa shape index (κ2) is 12.2. The molecule has 0 saturated carbocycles. The zero-order valence-corrected chi connectivity index (χ0v) is 23.0. The molecule has 0 saturated heterocycles. The molecule has 1 aliphatic rings. The number of nitrogens with one attached hydrogen (secondary N) is 1. The fourth-order valence-electron chi connectivity index (χ4n) is 4.23. The van der Waals surface area contributed by atoms with Crippen LogP contribution < -0.4 is 19.5 Å². The smallest absolute Gasteiger partial charge is 0.247 e. The van der Waals surface area contributed by atoms with Crippen molar-refractivity contribution in [2.45, 2.75) is 45.4 Å². The maximum atomic E-state index is 13.7. The van der Waals surface area contributed by atoms with E-state index in [9.17, 15) is 9.59 Å². The van der Waals surface area contributed by atoms with Crippen LogP contribution in [0, 0.1) is 19.8 Å². The molecule has 0 bridgehead atoms. The van der Waals surface area contributed by atoms with Crippen molar-refractivity contribution in [3.05, 3.63) is 65.5 Å². The number of benzene rings is 2. The number of carbonyl (C=O) groups excluding carboxylic acids is 2. The molecule has 10 heteroatoms. The first-order chi connectivity index (χ1) is 18.2. The lowest BCUT2D eigenvalue weighted by Gasteiger charge is -2.33. The third-order valence-corrected chi connectivity index (χ3v) is 6.83. The van der Waals surface area contributed by atoms with Crippen LogP contribution in [0.5, 0.6) is 17.2 Å². The van der Waals surface area contributed by atoms with E-state index in [1.165, 1.54) is 11.8 Å². The Kier molecular flexibility index (Phi) is 8.73. The fourth-order valence-corrected chi connectivity index (χ4v) is 5.07. The van der Waals surface area contributed by atoms with E-state index >= 15 is 0 Å². The topological polar surface area (TPSA) is 103 Å². The van der Waals surface area contributed by atoms with E-state index in [0.717, 1.165) is 22.7 Å². The standard InChI is InChI=1S/C28H32N4O5S/c1-17(2)26(27(34)31-21-8-11-23-24(13-21)37-16-36-23)32(14-20-6-9-22(35-5)10-7-20)25(33)15-38-28-29-18(3)12-19(4)30-28/h6-13,17,26H,14-16H2,1-5H3,(H,31,34)/t26-/m0/s1. The molecule has 0 aliphatic carbocycles. The molecular formula is C28H32N4O5S. The van der Waals surface area contributed by atoms with Gasteiger partial charge in [-0.05, 0) is 55.7 Å². The number of aromatic nitrogens is 2. The largest absolute Gasteiger partial charge is 0.497 e. The molecular weight excluding hydrogens is 504 g/mol. The van der Waals surface area contributed by atoms with E-state index in [2.05, 4.69) is 15.3 Å². The number of aryl methyl sites for hydroxylation is 2. The van der Waals surface area contributed by atoms with Crippen molar-refractivity contribution in [1.82, 2.24) is 14.9 Å². The van der Waals surface area contributed by atoms with Gasteiger partial charge in [0, 0.05) is 29.7 Å². The van der Waals surface area contributed by atoms with Crippen LogP contribution in [0.25, 0.3) is 0 Å². The minimum absolute atomic E-state index is 0.0968. The van der Waals surface area contributed by atoms with Crippen molar-refractivity contribution in [2.24, 2.45) is 5.92 Å². The molecule has 2 amide bonds. The molecule has 1 aliphatic heterocycles. The zero-order chi connectivity index (χ0) is 27.2. The maximum absolute atomic E-state index is 13.7. The molecule has 200 valence electrons. The van der Waals surface area contributed by atoms with Crippen LogP contribution in [0.2, 0.25) is 0 Å². The van der Waals surface area contributed by atoms with Gasteiger partial charge in [0.05, 0.1) is 12.9 Å². The van der Waals surface area contributed by atoms with Gasteiger partial charge in [-0.2, -0.15) is 0 Å². The molecule has 0 unspecified atom stereocenters. The first-order valence-electron chi connectivity index (χ1n) is 12.3. The molecule has 0 spiro atoms. The molecule has 1 aromatic heterocycles. The molecule has 1 atom stereocenters. The van der Waals surface area contributed by atoms with E-state index < -0.39 is 6.04 Å². The summed E-state index contributed by atoms with van der Waals surface area (Å²) in [4.78, 5) is 37.8. The number of amides is 2. The van der Waals surface area contributed by atoms with E-state index in [4.69, 9.17) is 14.2 Å². The van der Waals surface area contributed by atoms with Gasteiger partial charge in [0.25, 0.3) is 0 Å². The highest BCUT2D eigenvalue weighted by Gasteiger charge is 2.33. The van der Waals surface area contributed by atoms with Crippen LogP contribution in [0.15, 0.2) is 53.7 Å². The van der Waals surface area contributed by atoms with E-state index in [1.54, 1.807) is 30.2 Å². The number of methoxy groups -OCH3 is 1. The lowest BCUT2D eigenvalue weighted by atomic mass is 10.00. The van der Waals surface area contributed by atoms with Gasteiger partial charge in [0.2, 0.25) is 18.6 Å². The van der Waals surface area contributed by atoms with Gasteiger partial charge in [-0.1, -0.05) is 37.7 Å². The highest BCUT2D eigenvalue weighted by molar-refractivity contribution is 7.99. The molecule has 4 rings (SSSR count). The Labute approximate surface area is 226 Å². The van der Waals surface area contributed by atoms with Gasteiger partial charge in [-0.25, -0.2) is 9.97 Å². The van der Waals surface area contributed by atoms with Crippen molar-refractivity contribution in [2.75, 3.05) is 25.0 Å². The number of fused-ring (bicyclic) bond motifs is 1. The summed E-state index contributed by atoms with van der Waals surface area (Å²) >= 11 is 1.26. The molecule has 38 heavy (non-hydrogen) atoms. The number of hydrogen-bond acceptors (Lipinski definition) is 8. The molecule has 0 radical (unpaired) electrons. The summed E-state index contributed by atoms with van der Waals surface area (Å²) in [6.45, 7) is 8.05. The van der Waals surface area contributed by atoms with Gasteiger partial charge in [0.15, 0.2) is 16.7 Å². The summed E-state index contributed by atoms with van der Waals surface area (Å²) in [5, 5.41) is 3.49. The summed E-state index contributed by atoms with van der Waals surface area (Å²) in [6, 6.07) is 13.9. The lowest BCUT2D eigenvalue weighted by molar-refractivity contribution is -0.138. The number of carbonyl (C=O) groups is 2. The Morgan fingerprint density at radius 3 is 2.37 bits per heavy atom. The summed E-state index contributed by atoms with van der Waals surface area (Å²) in [5.74, 6) is 1.38. The van der Waals surface area contributed by atoms with E-state index in [1.807, 2.05) is 58.0 Å². The molecule has 3 aromatic rings. The number of rotatable bonds is 10. The van der Waals surface area contributed by atoms with Crippen LogP contribution in [0.3, 0.4) is 0 Å². The summed E-state index contributed by atoms with van der Waals surface area (Å²) < 4.78 is 16.1. The van der Waals surface area contributed by atoms with E-state index in [-0.39, 0.29) is 36.8 Å². The molecule has 9 nitrogen and oxygen atoms in total. The van der Waals surface area contributed by atoms with Crippen LogP contribution in [0.4, 0.5) is 5.69 Å². The minimum Gasteiger partial charge on any atom is -0.497 e.